The van der Waals surface area contributed by atoms with E-state index >= 15 is 0 Å². The van der Waals surface area contributed by atoms with Crippen LogP contribution < -0.4 is 20.2 Å². The van der Waals surface area contributed by atoms with Crippen molar-refractivity contribution in [1.29, 1.82) is 0 Å². The van der Waals surface area contributed by atoms with Gasteiger partial charge < -0.3 is 19.0 Å². The second kappa shape index (κ2) is 8.90. The van der Waals surface area contributed by atoms with Crippen LogP contribution >= 0.6 is 0 Å². The van der Waals surface area contributed by atoms with Gasteiger partial charge in [-0.05, 0) is 42.3 Å². The number of piperazine rings is 1. The molecule has 0 N–H and O–H groups in total. The molecule has 4 heterocycles. The topological polar surface area (TPSA) is 84.6 Å². The first-order valence-electron chi connectivity index (χ1n) is 11.1. The van der Waals surface area contributed by atoms with Crippen LogP contribution in [0.25, 0.3) is 22.4 Å². The van der Waals surface area contributed by atoms with Gasteiger partial charge in [0, 0.05) is 44.6 Å². The molecule has 3 aromatic heterocycles. The first-order chi connectivity index (χ1) is 16.2. The van der Waals surface area contributed by atoms with Gasteiger partial charge in [-0.3, -0.25) is 0 Å². The summed E-state index contributed by atoms with van der Waals surface area (Å²) in [6, 6.07) is 13.3. The number of aryl methyl sites for hydroxylation is 1. The average Bonchev–Trinajstić information content (AvgIpc) is 2.88. The van der Waals surface area contributed by atoms with Gasteiger partial charge in [-0.25, -0.2) is 19.7 Å². The van der Waals surface area contributed by atoms with Crippen LogP contribution in [0.2, 0.25) is 0 Å². The van der Waals surface area contributed by atoms with E-state index in [2.05, 4.69) is 19.8 Å². The van der Waals surface area contributed by atoms with Gasteiger partial charge >= 0.3 is 5.63 Å². The highest BCUT2D eigenvalue weighted by Crippen LogP contribution is 2.30. The summed E-state index contributed by atoms with van der Waals surface area (Å²) in [5.74, 6) is 2.66. The number of ether oxygens (including phenoxy) is 1. The van der Waals surface area contributed by atoms with Gasteiger partial charge in [0.2, 0.25) is 5.89 Å². The Labute approximate surface area is 191 Å². The molecular weight excluding hydrogens is 418 g/mol. The molecule has 8 heteroatoms. The number of hydrogen-bond acceptors (Lipinski definition) is 8. The minimum atomic E-state index is -0.399. The summed E-state index contributed by atoms with van der Waals surface area (Å²) in [7, 11) is 1.61. The summed E-state index contributed by atoms with van der Waals surface area (Å²) in [6.45, 7) is 5.17. The number of pyridine rings is 2. The predicted molar refractivity (Wildman–Crippen MR) is 128 cm³/mol. The maximum Gasteiger partial charge on any atom is 0.347 e. The van der Waals surface area contributed by atoms with Gasteiger partial charge in [-0.2, -0.15) is 0 Å². The molecule has 1 saturated heterocycles. The fourth-order valence-electron chi connectivity index (χ4n) is 4.27. The van der Waals surface area contributed by atoms with E-state index in [1.807, 2.05) is 49.5 Å². The highest BCUT2D eigenvalue weighted by Gasteiger charge is 2.23. The Balaban J connectivity index is 1.50. The highest BCUT2D eigenvalue weighted by molar-refractivity contribution is 5.84. The Kier molecular flexibility index (Phi) is 5.64. The molecule has 1 aliphatic heterocycles. The number of methoxy groups -OCH3 is 1. The van der Waals surface area contributed by atoms with E-state index in [0.29, 0.717) is 28.6 Å². The van der Waals surface area contributed by atoms with E-state index in [1.165, 1.54) is 0 Å². The molecule has 8 nitrogen and oxygen atoms in total. The Bertz CT molecular complexity index is 1330. The average molecular weight is 444 g/mol. The van der Waals surface area contributed by atoms with Crippen LogP contribution in [-0.2, 0) is 6.42 Å². The summed E-state index contributed by atoms with van der Waals surface area (Å²) in [5, 5.41) is 0.497. The minimum absolute atomic E-state index is 0.262. The van der Waals surface area contributed by atoms with Gasteiger partial charge in [0.1, 0.15) is 17.4 Å². The zero-order valence-corrected chi connectivity index (χ0v) is 18.7. The molecule has 1 aromatic carbocycles. The Morgan fingerprint density at radius 2 is 1.79 bits per heavy atom. The summed E-state index contributed by atoms with van der Waals surface area (Å²) < 4.78 is 11.1. The van der Waals surface area contributed by atoms with Gasteiger partial charge in [-0.1, -0.05) is 13.0 Å². The van der Waals surface area contributed by atoms with Crippen molar-refractivity contribution < 1.29 is 9.15 Å². The summed E-state index contributed by atoms with van der Waals surface area (Å²) >= 11 is 0. The van der Waals surface area contributed by atoms with Crippen molar-refractivity contribution in [2.45, 2.75) is 13.3 Å². The number of anilines is 2. The van der Waals surface area contributed by atoms with Crippen molar-refractivity contribution in [3.05, 3.63) is 70.8 Å². The summed E-state index contributed by atoms with van der Waals surface area (Å²) in [4.78, 5) is 31.2. The molecule has 1 fully saturated rings. The first-order valence-corrected chi connectivity index (χ1v) is 11.1. The van der Waals surface area contributed by atoms with Crippen LogP contribution in [0.15, 0.2) is 64.1 Å². The van der Waals surface area contributed by atoms with E-state index in [-0.39, 0.29) is 5.89 Å². The van der Waals surface area contributed by atoms with Gasteiger partial charge in [-0.15, -0.1) is 0 Å². The molecule has 4 aromatic rings. The number of fused-ring (bicyclic) bond motifs is 1. The van der Waals surface area contributed by atoms with Crippen LogP contribution in [0.5, 0.6) is 5.75 Å². The van der Waals surface area contributed by atoms with Crippen LogP contribution in [0.1, 0.15) is 12.5 Å². The van der Waals surface area contributed by atoms with Gasteiger partial charge in [0.25, 0.3) is 0 Å². The molecule has 0 unspecified atom stereocenters. The zero-order valence-electron chi connectivity index (χ0n) is 18.7. The van der Waals surface area contributed by atoms with Crippen molar-refractivity contribution in [3.63, 3.8) is 0 Å². The Hall–Kier alpha value is -3.94. The lowest BCUT2D eigenvalue weighted by molar-refractivity contribution is 0.414. The van der Waals surface area contributed by atoms with E-state index in [4.69, 9.17) is 14.1 Å². The number of aromatic nitrogens is 3. The molecule has 168 valence electrons. The first kappa shape index (κ1) is 20.9. The molecule has 5 rings (SSSR count). The highest BCUT2D eigenvalue weighted by atomic mass is 16.5. The molecule has 0 aliphatic carbocycles. The minimum Gasteiger partial charge on any atom is -0.497 e. The molecule has 1 aliphatic rings. The monoisotopic (exact) mass is 443 g/mol. The number of benzene rings is 1. The molecule has 0 spiro atoms. The third-order valence-corrected chi connectivity index (χ3v) is 5.97. The SMILES string of the molecule is CCc1cc(OC)cc2nc(-c3cccnc3N3CCN(c4ccccn4)CC3)oc(=O)c12. The number of nitrogens with zero attached hydrogens (tertiary/aromatic N) is 5. The van der Waals surface area contributed by atoms with E-state index in [9.17, 15) is 4.79 Å². The fraction of sp³-hybridized carbons (Fsp3) is 0.280. The van der Waals surface area contributed by atoms with Crippen LogP contribution in [-0.4, -0.2) is 48.2 Å². The van der Waals surface area contributed by atoms with Gasteiger partial charge in [0.15, 0.2) is 0 Å². The molecule has 0 bridgehead atoms. The van der Waals surface area contributed by atoms with Crippen molar-refractivity contribution >= 4 is 22.5 Å². The van der Waals surface area contributed by atoms with E-state index in [1.54, 1.807) is 19.4 Å². The molecule has 0 atom stereocenters. The third kappa shape index (κ3) is 4.00. The lowest BCUT2D eigenvalue weighted by Gasteiger charge is -2.36. The molecular formula is C25H25N5O3. The molecule has 0 radical (unpaired) electrons. The Morgan fingerprint density at radius 1 is 1.00 bits per heavy atom. The van der Waals surface area contributed by atoms with Crippen molar-refractivity contribution in [3.8, 4) is 17.2 Å². The van der Waals surface area contributed by atoms with Crippen molar-refractivity contribution in [2.24, 2.45) is 0 Å². The van der Waals surface area contributed by atoms with Gasteiger partial charge in [0.05, 0.1) is 23.6 Å². The normalized spacial score (nSPS) is 14.0. The maximum absolute atomic E-state index is 12.9. The third-order valence-electron chi connectivity index (χ3n) is 5.97. The van der Waals surface area contributed by atoms with Crippen LogP contribution in [0, 0.1) is 0 Å². The Morgan fingerprint density at radius 3 is 2.52 bits per heavy atom. The van der Waals surface area contributed by atoms with Crippen LogP contribution in [0.4, 0.5) is 11.6 Å². The zero-order chi connectivity index (χ0) is 22.8. The van der Waals surface area contributed by atoms with Crippen molar-refractivity contribution in [1.82, 2.24) is 15.0 Å². The van der Waals surface area contributed by atoms with E-state index < -0.39 is 5.63 Å². The lowest BCUT2D eigenvalue weighted by atomic mass is 10.1. The summed E-state index contributed by atoms with van der Waals surface area (Å²) in [5.41, 5.74) is 1.72. The van der Waals surface area contributed by atoms with Crippen LogP contribution in [0.3, 0.4) is 0 Å². The second-order valence-electron chi connectivity index (χ2n) is 7.88. The van der Waals surface area contributed by atoms with Crippen molar-refractivity contribution in [2.75, 3.05) is 43.1 Å². The van der Waals surface area contributed by atoms with E-state index in [0.717, 1.165) is 43.4 Å². The fourth-order valence-corrected chi connectivity index (χ4v) is 4.27. The molecule has 0 saturated carbocycles. The largest absolute Gasteiger partial charge is 0.497 e. The lowest BCUT2D eigenvalue weighted by Crippen LogP contribution is -2.47. The second-order valence-corrected chi connectivity index (χ2v) is 7.88. The number of rotatable bonds is 5. The standard InChI is InChI=1S/C25H25N5O3/c1-3-17-15-18(32-2)16-20-22(17)25(31)33-24(28-20)19-7-6-10-27-23(19)30-13-11-29(12-14-30)21-8-4-5-9-26-21/h4-10,15-16H,3,11-14H2,1-2H3. The summed E-state index contributed by atoms with van der Waals surface area (Å²) in [6.07, 6.45) is 4.24. The quantitative estimate of drug-likeness (QED) is 0.463. The molecule has 33 heavy (non-hydrogen) atoms. The predicted octanol–water partition coefficient (Wildman–Crippen LogP) is 3.54. The maximum atomic E-state index is 12.9. The number of hydrogen-bond donors (Lipinski definition) is 0. The smallest absolute Gasteiger partial charge is 0.347 e. The molecule has 0 amide bonds.